The maximum atomic E-state index is 11.2. The van der Waals surface area contributed by atoms with Crippen LogP contribution in [0.5, 0.6) is 5.75 Å². The average molecular weight is 288 g/mol. The third-order valence-corrected chi connectivity index (χ3v) is 3.67. The van der Waals surface area contributed by atoms with Crippen LogP contribution < -0.4 is 4.18 Å². The topological polar surface area (TPSA) is 52.6 Å². The fourth-order valence-electron chi connectivity index (χ4n) is 1.65. The summed E-state index contributed by atoms with van der Waals surface area (Å²) in [7, 11) is -5.21. The van der Waals surface area contributed by atoms with Crippen LogP contribution in [0.1, 0.15) is 18.6 Å². The van der Waals surface area contributed by atoms with Gasteiger partial charge in [-0.15, -0.1) is 0 Å². The van der Waals surface area contributed by atoms with Crippen molar-refractivity contribution >= 4 is 18.4 Å². The van der Waals surface area contributed by atoms with Crippen molar-refractivity contribution in [2.45, 2.75) is 32.7 Å². The molecule has 0 saturated carbocycles. The monoisotopic (exact) mass is 288 g/mol. The summed E-state index contributed by atoms with van der Waals surface area (Å²) in [6.45, 7) is 8.17. The molecule has 0 aliphatic heterocycles. The van der Waals surface area contributed by atoms with Gasteiger partial charge in [0.2, 0.25) is 0 Å². The molecule has 1 unspecified atom stereocenters. The number of para-hydroxylation sites is 1. The van der Waals surface area contributed by atoms with Crippen LogP contribution in [-0.4, -0.2) is 23.0 Å². The molecule has 1 aromatic rings. The normalized spacial score (nSPS) is 14.3. The second kappa shape index (κ2) is 5.42. The Morgan fingerprint density at radius 1 is 1.17 bits per heavy atom. The Hall–Kier alpha value is -0.853. The number of rotatable bonds is 5. The number of hydrogen-bond donors (Lipinski definition) is 0. The van der Waals surface area contributed by atoms with Gasteiger partial charge in [-0.05, 0) is 32.6 Å². The molecular formula is C12H20O4SSi. The highest BCUT2D eigenvalue weighted by Gasteiger charge is 2.22. The van der Waals surface area contributed by atoms with E-state index in [1.54, 1.807) is 12.1 Å². The van der Waals surface area contributed by atoms with Gasteiger partial charge in [0.25, 0.3) is 0 Å². The largest absolute Gasteiger partial charge is 0.411 e. The zero-order valence-electron chi connectivity index (χ0n) is 11.4. The molecule has 1 rings (SSSR count). The summed E-state index contributed by atoms with van der Waals surface area (Å²) in [6, 6.07) is 7.05. The minimum Gasteiger partial charge on any atom is -0.411 e. The van der Waals surface area contributed by atoms with Gasteiger partial charge < -0.3 is 8.61 Å². The van der Waals surface area contributed by atoms with Gasteiger partial charge in [-0.1, -0.05) is 18.2 Å². The van der Waals surface area contributed by atoms with Crippen molar-refractivity contribution in [2.24, 2.45) is 0 Å². The van der Waals surface area contributed by atoms with Crippen molar-refractivity contribution < 1.29 is 17.0 Å². The molecule has 0 aliphatic carbocycles. The van der Waals surface area contributed by atoms with E-state index in [9.17, 15) is 8.42 Å². The summed E-state index contributed by atoms with van der Waals surface area (Å²) >= 11 is 0. The fraction of sp³-hybridized carbons (Fsp3) is 0.500. The summed E-state index contributed by atoms with van der Waals surface area (Å²) in [5, 5.41) is 0. The molecule has 0 aliphatic rings. The van der Waals surface area contributed by atoms with Crippen molar-refractivity contribution in [1.29, 1.82) is 0 Å². The molecule has 6 heteroatoms. The second-order valence-corrected chi connectivity index (χ2v) is 11.2. The molecule has 0 fully saturated rings. The summed E-state index contributed by atoms with van der Waals surface area (Å²) in [5.41, 5.74) is 0.755. The Morgan fingerprint density at radius 3 is 2.22 bits per heavy atom. The van der Waals surface area contributed by atoms with E-state index in [0.29, 0.717) is 5.75 Å². The van der Waals surface area contributed by atoms with Gasteiger partial charge >= 0.3 is 10.1 Å². The molecule has 1 atom stereocenters. The predicted octanol–water partition coefficient (Wildman–Crippen LogP) is 2.94. The number of hydrogen-bond acceptors (Lipinski definition) is 4. The molecular weight excluding hydrogens is 268 g/mol. The van der Waals surface area contributed by atoms with E-state index < -0.39 is 18.4 Å². The maximum Gasteiger partial charge on any atom is 0.306 e. The zero-order chi connectivity index (χ0) is 14.0. The predicted molar refractivity (Wildman–Crippen MR) is 74.8 cm³/mol. The Kier molecular flexibility index (Phi) is 4.58. The molecule has 1 aromatic carbocycles. The molecule has 0 bridgehead atoms. The lowest BCUT2D eigenvalue weighted by atomic mass is 10.1. The van der Waals surface area contributed by atoms with Crippen LogP contribution in [0.25, 0.3) is 0 Å². The molecule has 4 nitrogen and oxygen atoms in total. The van der Waals surface area contributed by atoms with Crippen molar-refractivity contribution in [2.75, 3.05) is 6.26 Å². The van der Waals surface area contributed by atoms with Gasteiger partial charge in [-0.2, -0.15) is 8.42 Å². The summed E-state index contributed by atoms with van der Waals surface area (Å²) in [4.78, 5) is 0. The summed E-state index contributed by atoms with van der Waals surface area (Å²) in [6.07, 6.45) is 0.850. The minimum atomic E-state index is -3.52. The zero-order valence-corrected chi connectivity index (χ0v) is 13.2. The van der Waals surface area contributed by atoms with E-state index in [4.69, 9.17) is 8.61 Å². The van der Waals surface area contributed by atoms with Gasteiger partial charge in [-0.3, -0.25) is 0 Å². The first-order valence-corrected chi connectivity index (χ1v) is 11.0. The van der Waals surface area contributed by atoms with Crippen molar-refractivity contribution in [3.05, 3.63) is 29.8 Å². The standard InChI is InChI=1S/C12H20O4SSi/c1-10(16-18(3,4)5)11-8-6-7-9-12(11)15-17(2,13)14/h6-10H,1-5H3. The summed E-state index contributed by atoms with van der Waals surface area (Å²) in [5.74, 6) is 0.339. The first-order chi connectivity index (χ1) is 8.08. The van der Waals surface area contributed by atoms with Gasteiger partial charge in [0.1, 0.15) is 5.75 Å². The van der Waals surface area contributed by atoms with E-state index in [0.717, 1.165) is 11.8 Å². The van der Waals surface area contributed by atoms with Gasteiger partial charge in [0, 0.05) is 5.56 Å². The fourth-order valence-corrected chi connectivity index (χ4v) is 3.31. The van der Waals surface area contributed by atoms with E-state index in [1.165, 1.54) is 0 Å². The van der Waals surface area contributed by atoms with E-state index in [-0.39, 0.29) is 6.10 Å². The SMILES string of the molecule is CC(O[Si](C)(C)C)c1ccccc1OS(C)(=O)=O. The number of benzene rings is 1. The van der Waals surface area contributed by atoms with E-state index in [1.807, 2.05) is 19.1 Å². The lowest BCUT2D eigenvalue weighted by Gasteiger charge is -2.24. The van der Waals surface area contributed by atoms with E-state index in [2.05, 4.69) is 19.6 Å². The first kappa shape index (κ1) is 15.2. The minimum absolute atomic E-state index is 0.186. The highest BCUT2D eigenvalue weighted by molar-refractivity contribution is 7.86. The molecule has 0 radical (unpaired) electrons. The van der Waals surface area contributed by atoms with Crippen LogP contribution >= 0.6 is 0 Å². The van der Waals surface area contributed by atoms with Gasteiger partial charge in [-0.25, -0.2) is 0 Å². The Bertz CT molecular complexity index is 505. The smallest absolute Gasteiger partial charge is 0.306 e. The van der Waals surface area contributed by atoms with Crippen LogP contribution in [0.15, 0.2) is 24.3 Å². The first-order valence-electron chi connectivity index (χ1n) is 5.75. The molecule has 0 aromatic heterocycles. The Morgan fingerprint density at radius 2 is 1.72 bits per heavy atom. The van der Waals surface area contributed by atoms with Crippen LogP contribution in [-0.2, 0) is 14.5 Å². The molecule has 0 saturated heterocycles. The molecule has 0 spiro atoms. The van der Waals surface area contributed by atoms with Crippen LogP contribution in [0, 0.1) is 0 Å². The third kappa shape index (κ3) is 5.20. The maximum absolute atomic E-state index is 11.2. The molecule has 18 heavy (non-hydrogen) atoms. The molecule has 0 amide bonds. The second-order valence-electron chi connectivity index (χ2n) is 5.20. The Labute approximate surface area is 110 Å². The van der Waals surface area contributed by atoms with Gasteiger partial charge in [0.15, 0.2) is 8.32 Å². The molecule has 0 heterocycles. The van der Waals surface area contributed by atoms with E-state index >= 15 is 0 Å². The molecule has 102 valence electrons. The van der Waals surface area contributed by atoms with Crippen LogP contribution in [0.4, 0.5) is 0 Å². The highest BCUT2D eigenvalue weighted by atomic mass is 32.2. The summed E-state index contributed by atoms with van der Waals surface area (Å²) < 4.78 is 33.3. The van der Waals surface area contributed by atoms with Gasteiger partial charge in [0.05, 0.1) is 12.4 Å². The Balaban J connectivity index is 3.02. The lowest BCUT2D eigenvalue weighted by Crippen LogP contribution is -2.27. The highest BCUT2D eigenvalue weighted by Crippen LogP contribution is 2.30. The van der Waals surface area contributed by atoms with Crippen molar-refractivity contribution in [3.8, 4) is 5.75 Å². The van der Waals surface area contributed by atoms with Crippen molar-refractivity contribution in [3.63, 3.8) is 0 Å². The third-order valence-electron chi connectivity index (χ3n) is 2.13. The lowest BCUT2D eigenvalue weighted by molar-refractivity contribution is 0.216. The quantitative estimate of drug-likeness (QED) is 0.617. The molecule has 0 N–H and O–H groups in total. The van der Waals surface area contributed by atoms with Crippen LogP contribution in [0.2, 0.25) is 19.6 Å². The van der Waals surface area contributed by atoms with Crippen LogP contribution in [0.3, 0.4) is 0 Å². The average Bonchev–Trinajstić information content (AvgIpc) is 2.12. The van der Waals surface area contributed by atoms with Crippen molar-refractivity contribution in [1.82, 2.24) is 0 Å².